The van der Waals surface area contributed by atoms with E-state index in [1.807, 2.05) is 0 Å². The van der Waals surface area contributed by atoms with E-state index in [2.05, 4.69) is 4.98 Å². The molecule has 0 aliphatic heterocycles. The van der Waals surface area contributed by atoms with E-state index in [0.29, 0.717) is 6.61 Å². The van der Waals surface area contributed by atoms with Gasteiger partial charge in [-0.15, -0.1) is 0 Å². The molecule has 1 rings (SSSR count). The number of ether oxygens (including phenoxy) is 1. The first kappa shape index (κ1) is 8.47. The molecule has 0 aliphatic carbocycles. The first-order chi connectivity index (χ1) is 5.77. The fraction of sp³-hybridized carbons (Fsp3) is 0.250. The van der Waals surface area contributed by atoms with Gasteiger partial charge in [0.1, 0.15) is 17.4 Å². The first-order valence-corrected chi connectivity index (χ1v) is 3.46. The number of hydrogen-bond acceptors (Lipinski definition) is 3. The van der Waals surface area contributed by atoms with Crippen LogP contribution in [0.5, 0.6) is 5.88 Å². The van der Waals surface area contributed by atoms with E-state index in [4.69, 9.17) is 10.00 Å². The lowest BCUT2D eigenvalue weighted by atomic mass is 10.3. The van der Waals surface area contributed by atoms with Crippen LogP contribution in [0.3, 0.4) is 0 Å². The highest BCUT2D eigenvalue weighted by molar-refractivity contribution is 5.37. The summed E-state index contributed by atoms with van der Waals surface area (Å²) in [4.78, 5) is 3.62. The molecule has 12 heavy (non-hydrogen) atoms. The first-order valence-electron chi connectivity index (χ1n) is 3.46. The lowest BCUT2D eigenvalue weighted by Gasteiger charge is -2.02. The van der Waals surface area contributed by atoms with E-state index in [0.717, 1.165) is 12.3 Å². The molecule has 1 aromatic heterocycles. The molecular weight excluding hydrogens is 159 g/mol. The Morgan fingerprint density at radius 2 is 2.50 bits per heavy atom. The van der Waals surface area contributed by atoms with E-state index in [1.54, 1.807) is 13.0 Å². The summed E-state index contributed by atoms with van der Waals surface area (Å²) in [5.74, 6) is -0.351. The second kappa shape index (κ2) is 3.67. The molecule has 0 saturated carbocycles. The molecule has 0 aromatic carbocycles. The zero-order valence-corrected chi connectivity index (χ0v) is 6.54. The second-order valence-corrected chi connectivity index (χ2v) is 2.05. The minimum atomic E-state index is -0.532. The van der Waals surface area contributed by atoms with Crippen LogP contribution in [0.2, 0.25) is 0 Å². The minimum Gasteiger partial charge on any atom is -0.477 e. The highest BCUT2D eigenvalue weighted by atomic mass is 19.1. The Labute approximate surface area is 69.4 Å². The van der Waals surface area contributed by atoms with Gasteiger partial charge < -0.3 is 4.74 Å². The predicted octanol–water partition coefficient (Wildman–Crippen LogP) is 1.49. The Bertz CT molecular complexity index is 319. The van der Waals surface area contributed by atoms with Crippen molar-refractivity contribution in [3.63, 3.8) is 0 Å². The van der Waals surface area contributed by atoms with E-state index >= 15 is 0 Å². The summed E-state index contributed by atoms with van der Waals surface area (Å²) in [7, 11) is 0. The third-order valence-electron chi connectivity index (χ3n) is 1.22. The molecule has 0 bridgehead atoms. The third-order valence-corrected chi connectivity index (χ3v) is 1.22. The van der Waals surface area contributed by atoms with Crippen LogP contribution < -0.4 is 4.74 Å². The molecular formula is C8H7FN2O. The zero-order valence-electron chi connectivity index (χ0n) is 6.54. The summed E-state index contributed by atoms with van der Waals surface area (Å²) in [5.41, 5.74) is 0.122. The fourth-order valence-electron chi connectivity index (χ4n) is 0.759. The van der Waals surface area contributed by atoms with Gasteiger partial charge in [0, 0.05) is 0 Å². The number of nitriles is 1. The van der Waals surface area contributed by atoms with Gasteiger partial charge in [-0.1, -0.05) is 0 Å². The standard InChI is InChI=1S/C8H7FN2O/c1-2-12-8-6(4-10)3-7(9)5-11-8/h3,5H,2H2,1H3. The molecule has 1 heterocycles. The van der Waals surface area contributed by atoms with Crippen molar-refractivity contribution in [2.75, 3.05) is 6.61 Å². The van der Waals surface area contributed by atoms with E-state index in [1.165, 1.54) is 0 Å². The normalized spacial score (nSPS) is 9.08. The monoisotopic (exact) mass is 166 g/mol. The maximum atomic E-state index is 12.5. The van der Waals surface area contributed by atoms with E-state index < -0.39 is 5.82 Å². The van der Waals surface area contributed by atoms with Crippen molar-refractivity contribution in [2.45, 2.75) is 6.92 Å². The summed E-state index contributed by atoms with van der Waals surface area (Å²) in [6.45, 7) is 2.18. The Balaban J connectivity index is 3.05. The Kier molecular flexibility index (Phi) is 2.59. The summed E-state index contributed by atoms with van der Waals surface area (Å²) in [6, 6.07) is 2.89. The smallest absolute Gasteiger partial charge is 0.231 e. The van der Waals surface area contributed by atoms with Crippen LogP contribution in [0.4, 0.5) is 4.39 Å². The van der Waals surface area contributed by atoms with Gasteiger partial charge in [-0.25, -0.2) is 9.37 Å². The van der Waals surface area contributed by atoms with Gasteiger partial charge in [-0.3, -0.25) is 0 Å². The molecule has 1 aromatic rings. The molecule has 0 spiro atoms. The molecule has 0 fully saturated rings. The van der Waals surface area contributed by atoms with Crippen molar-refractivity contribution < 1.29 is 9.13 Å². The lowest BCUT2D eigenvalue weighted by Crippen LogP contribution is -1.97. The summed E-state index contributed by atoms with van der Waals surface area (Å²) in [5, 5.41) is 8.53. The minimum absolute atomic E-state index is 0.122. The summed E-state index contributed by atoms with van der Waals surface area (Å²) in [6.07, 6.45) is 1.02. The molecule has 3 nitrogen and oxygen atoms in total. The van der Waals surface area contributed by atoms with Crippen molar-refractivity contribution in [3.8, 4) is 11.9 Å². The highest BCUT2D eigenvalue weighted by Gasteiger charge is 2.04. The molecule has 62 valence electrons. The molecule has 0 N–H and O–H groups in total. The molecule has 0 radical (unpaired) electrons. The molecule has 0 aliphatic rings. The number of halogens is 1. The Hall–Kier alpha value is -1.63. The second-order valence-electron chi connectivity index (χ2n) is 2.05. The largest absolute Gasteiger partial charge is 0.477 e. The zero-order chi connectivity index (χ0) is 8.97. The average Bonchev–Trinajstić information content (AvgIpc) is 2.08. The van der Waals surface area contributed by atoms with Crippen LogP contribution in [-0.2, 0) is 0 Å². The number of hydrogen-bond donors (Lipinski definition) is 0. The Morgan fingerprint density at radius 3 is 3.08 bits per heavy atom. The van der Waals surface area contributed by atoms with Crippen LogP contribution in [-0.4, -0.2) is 11.6 Å². The van der Waals surface area contributed by atoms with Gasteiger partial charge in [0.05, 0.1) is 12.8 Å². The quantitative estimate of drug-likeness (QED) is 0.668. The van der Waals surface area contributed by atoms with Gasteiger partial charge in [0.15, 0.2) is 0 Å². The molecule has 0 atom stereocenters. The summed E-state index contributed by atoms with van der Waals surface area (Å²) >= 11 is 0. The molecule has 0 unspecified atom stereocenters. The van der Waals surface area contributed by atoms with Gasteiger partial charge in [0.2, 0.25) is 5.88 Å². The van der Waals surface area contributed by atoms with Crippen molar-refractivity contribution >= 4 is 0 Å². The number of pyridine rings is 1. The SMILES string of the molecule is CCOc1ncc(F)cc1C#N. The van der Waals surface area contributed by atoms with Crippen molar-refractivity contribution in [1.29, 1.82) is 5.26 Å². The fourth-order valence-corrected chi connectivity index (χ4v) is 0.759. The van der Waals surface area contributed by atoms with Crippen LogP contribution in [0.1, 0.15) is 12.5 Å². The maximum Gasteiger partial charge on any atom is 0.231 e. The number of rotatable bonds is 2. The number of nitrogens with zero attached hydrogens (tertiary/aromatic N) is 2. The van der Waals surface area contributed by atoms with Crippen molar-refractivity contribution in [3.05, 3.63) is 23.6 Å². The molecule has 0 amide bonds. The number of aromatic nitrogens is 1. The predicted molar refractivity (Wildman–Crippen MR) is 40.1 cm³/mol. The summed E-state index contributed by atoms with van der Waals surface area (Å²) < 4.78 is 17.5. The highest BCUT2D eigenvalue weighted by Crippen LogP contribution is 2.14. The van der Waals surface area contributed by atoms with Crippen molar-refractivity contribution in [1.82, 2.24) is 4.98 Å². The Morgan fingerprint density at radius 1 is 1.75 bits per heavy atom. The van der Waals surface area contributed by atoms with Crippen LogP contribution >= 0.6 is 0 Å². The topological polar surface area (TPSA) is 45.9 Å². The van der Waals surface area contributed by atoms with E-state index in [9.17, 15) is 4.39 Å². The van der Waals surface area contributed by atoms with E-state index in [-0.39, 0.29) is 11.4 Å². The third kappa shape index (κ3) is 1.70. The van der Waals surface area contributed by atoms with Crippen LogP contribution in [0.15, 0.2) is 12.3 Å². The van der Waals surface area contributed by atoms with Gasteiger partial charge >= 0.3 is 0 Å². The van der Waals surface area contributed by atoms with Crippen molar-refractivity contribution in [2.24, 2.45) is 0 Å². The average molecular weight is 166 g/mol. The van der Waals surface area contributed by atoms with Gasteiger partial charge in [-0.05, 0) is 13.0 Å². The maximum absolute atomic E-state index is 12.5. The van der Waals surface area contributed by atoms with Crippen LogP contribution in [0, 0.1) is 17.1 Å². The molecule has 0 saturated heterocycles. The molecule has 4 heteroatoms. The lowest BCUT2D eigenvalue weighted by molar-refractivity contribution is 0.324. The van der Waals surface area contributed by atoms with Gasteiger partial charge in [0.25, 0.3) is 0 Å². The van der Waals surface area contributed by atoms with Gasteiger partial charge in [-0.2, -0.15) is 5.26 Å². The van der Waals surface area contributed by atoms with Crippen LogP contribution in [0.25, 0.3) is 0 Å².